The van der Waals surface area contributed by atoms with Crippen molar-refractivity contribution in [2.75, 3.05) is 0 Å². The van der Waals surface area contributed by atoms with Crippen LogP contribution >= 0.6 is 11.8 Å². The van der Waals surface area contributed by atoms with Crippen molar-refractivity contribution >= 4 is 11.8 Å². The van der Waals surface area contributed by atoms with Crippen molar-refractivity contribution in [3.05, 3.63) is 107 Å². The number of thioether (sulfide) groups is 1. The van der Waals surface area contributed by atoms with E-state index in [1.54, 1.807) is 0 Å². The highest BCUT2D eigenvalue weighted by Gasteiger charge is 2.32. The fourth-order valence-electron chi connectivity index (χ4n) is 3.04. The highest BCUT2D eigenvalue weighted by atomic mass is 32.2. The number of fused-ring (bicyclic) bond motifs is 1. The minimum atomic E-state index is 0.438. The largest absolute Gasteiger partial charge is 0.136 e. The van der Waals surface area contributed by atoms with E-state index >= 15 is 0 Å². The van der Waals surface area contributed by atoms with Gasteiger partial charge in [-0.3, -0.25) is 0 Å². The van der Waals surface area contributed by atoms with Crippen molar-refractivity contribution in [2.45, 2.75) is 10.5 Å². The van der Waals surface area contributed by atoms with E-state index in [9.17, 15) is 0 Å². The van der Waals surface area contributed by atoms with Crippen LogP contribution in [0.4, 0.5) is 0 Å². The summed E-state index contributed by atoms with van der Waals surface area (Å²) in [4.78, 5) is 0. The van der Waals surface area contributed by atoms with Crippen molar-refractivity contribution in [3.63, 3.8) is 0 Å². The summed E-state index contributed by atoms with van der Waals surface area (Å²) in [6, 6.07) is 30.5. The second kappa shape index (κ2) is 5.42. The predicted molar refractivity (Wildman–Crippen MR) is 90.6 cm³/mol. The fourth-order valence-corrected chi connectivity index (χ4v) is 4.67. The first-order chi connectivity index (χ1) is 10.4. The molecule has 0 aliphatic carbocycles. The quantitative estimate of drug-likeness (QED) is 0.590. The van der Waals surface area contributed by atoms with Gasteiger partial charge in [0.15, 0.2) is 0 Å². The molecule has 0 N–H and O–H groups in total. The summed E-state index contributed by atoms with van der Waals surface area (Å²) in [7, 11) is 0. The minimum absolute atomic E-state index is 0.438. The summed E-state index contributed by atoms with van der Waals surface area (Å²) < 4.78 is 0. The normalized spacial score (nSPS) is 20.2. The molecular formula is C20H16S. The van der Waals surface area contributed by atoms with Crippen LogP contribution in [0.25, 0.3) is 0 Å². The Balaban J connectivity index is 1.81. The third-order valence-corrected chi connectivity index (χ3v) is 5.63. The Morgan fingerprint density at radius 1 is 0.476 bits per heavy atom. The summed E-state index contributed by atoms with van der Waals surface area (Å²) in [6.07, 6.45) is 0. The van der Waals surface area contributed by atoms with E-state index in [0.717, 1.165) is 0 Å². The molecular weight excluding hydrogens is 272 g/mol. The van der Waals surface area contributed by atoms with Gasteiger partial charge in [-0.1, -0.05) is 84.9 Å². The third-order valence-electron chi connectivity index (χ3n) is 4.04. The highest BCUT2D eigenvalue weighted by Crippen LogP contribution is 2.55. The minimum Gasteiger partial charge on any atom is -0.136 e. The van der Waals surface area contributed by atoms with Gasteiger partial charge in [-0.2, -0.15) is 0 Å². The fraction of sp³-hybridized carbons (Fsp3) is 0.100. The molecule has 1 heteroatoms. The Morgan fingerprint density at radius 2 is 0.857 bits per heavy atom. The van der Waals surface area contributed by atoms with Gasteiger partial charge in [-0.25, -0.2) is 0 Å². The van der Waals surface area contributed by atoms with Crippen LogP contribution in [0.2, 0.25) is 0 Å². The zero-order chi connectivity index (χ0) is 14.1. The smallest absolute Gasteiger partial charge is 0.0559 e. The van der Waals surface area contributed by atoms with E-state index in [1.807, 2.05) is 11.8 Å². The zero-order valence-corrected chi connectivity index (χ0v) is 12.5. The van der Waals surface area contributed by atoms with Gasteiger partial charge in [0.25, 0.3) is 0 Å². The summed E-state index contributed by atoms with van der Waals surface area (Å²) in [5.74, 6) is 0. The lowest BCUT2D eigenvalue weighted by atomic mass is 9.95. The molecule has 0 fully saturated rings. The molecule has 3 aromatic rings. The molecule has 1 aliphatic heterocycles. The average Bonchev–Trinajstić information content (AvgIpc) is 2.96. The summed E-state index contributed by atoms with van der Waals surface area (Å²) in [6.45, 7) is 0. The Morgan fingerprint density at radius 3 is 1.29 bits per heavy atom. The van der Waals surface area contributed by atoms with Gasteiger partial charge in [0.1, 0.15) is 0 Å². The number of rotatable bonds is 2. The Hall–Kier alpha value is -1.99. The van der Waals surface area contributed by atoms with Crippen molar-refractivity contribution < 1.29 is 0 Å². The van der Waals surface area contributed by atoms with Gasteiger partial charge >= 0.3 is 0 Å². The molecule has 2 atom stereocenters. The third kappa shape index (κ3) is 2.28. The Labute approximate surface area is 129 Å². The van der Waals surface area contributed by atoms with Crippen LogP contribution in [0, 0.1) is 0 Å². The molecule has 2 unspecified atom stereocenters. The molecule has 102 valence electrons. The van der Waals surface area contributed by atoms with Gasteiger partial charge in [-0.05, 0) is 22.3 Å². The molecule has 0 aromatic heterocycles. The van der Waals surface area contributed by atoms with E-state index in [1.165, 1.54) is 22.3 Å². The van der Waals surface area contributed by atoms with Crippen LogP contribution in [0.1, 0.15) is 32.8 Å². The molecule has 1 aliphatic rings. The van der Waals surface area contributed by atoms with Gasteiger partial charge in [0.05, 0.1) is 10.5 Å². The van der Waals surface area contributed by atoms with Crippen LogP contribution in [0.3, 0.4) is 0 Å². The number of benzene rings is 3. The van der Waals surface area contributed by atoms with E-state index in [0.29, 0.717) is 10.5 Å². The van der Waals surface area contributed by atoms with E-state index < -0.39 is 0 Å². The van der Waals surface area contributed by atoms with Crippen LogP contribution in [-0.4, -0.2) is 0 Å². The maximum absolute atomic E-state index is 2.28. The van der Waals surface area contributed by atoms with Crippen molar-refractivity contribution in [1.29, 1.82) is 0 Å². The lowest BCUT2D eigenvalue weighted by molar-refractivity contribution is 1.13. The summed E-state index contributed by atoms with van der Waals surface area (Å²) in [5.41, 5.74) is 5.71. The molecule has 0 saturated heterocycles. The first-order valence-electron chi connectivity index (χ1n) is 7.27. The molecule has 0 saturated carbocycles. The second-order valence-electron chi connectivity index (χ2n) is 5.35. The van der Waals surface area contributed by atoms with Gasteiger partial charge in [-0.15, -0.1) is 11.8 Å². The van der Waals surface area contributed by atoms with E-state index in [4.69, 9.17) is 0 Å². The van der Waals surface area contributed by atoms with Gasteiger partial charge in [0, 0.05) is 0 Å². The summed E-state index contributed by atoms with van der Waals surface area (Å²) >= 11 is 2.05. The lowest BCUT2D eigenvalue weighted by Gasteiger charge is -2.13. The van der Waals surface area contributed by atoms with Crippen molar-refractivity contribution in [2.24, 2.45) is 0 Å². The molecule has 0 amide bonds. The molecule has 3 aromatic carbocycles. The first-order valence-corrected chi connectivity index (χ1v) is 8.22. The topological polar surface area (TPSA) is 0 Å². The van der Waals surface area contributed by atoms with Crippen LogP contribution < -0.4 is 0 Å². The first kappa shape index (κ1) is 12.7. The standard InChI is InChI=1S/C20H16S/c1-3-9-15(10-4-1)19-17-13-7-8-14-18(17)20(21-19)16-11-5-2-6-12-16/h1-14,19-20H. The Bertz CT molecular complexity index is 670. The van der Waals surface area contributed by atoms with E-state index in [2.05, 4.69) is 84.9 Å². The van der Waals surface area contributed by atoms with Crippen molar-refractivity contribution in [3.8, 4) is 0 Å². The highest BCUT2D eigenvalue weighted by molar-refractivity contribution is 8.00. The lowest BCUT2D eigenvalue weighted by Crippen LogP contribution is -1.92. The van der Waals surface area contributed by atoms with Crippen molar-refractivity contribution in [1.82, 2.24) is 0 Å². The molecule has 4 rings (SSSR count). The molecule has 0 radical (unpaired) electrons. The maximum atomic E-state index is 2.28. The van der Waals surface area contributed by atoms with Gasteiger partial charge in [0.2, 0.25) is 0 Å². The SMILES string of the molecule is c1ccc(C2SC(c3ccccc3)c3ccccc32)cc1. The molecule has 21 heavy (non-hydrogen) atoms. The molecule has 1 heterocycles. The second-order valence-corrected chi connectivity index (χ2v) is 6.56. The average molecular weight is 288 g/mol. The summed E-state index contributed by atoms with van der Waals surface area (Å²) in [5, 5.41) is 0.875. The number of hydrogen-bond donors (Lipinski definition) is 0. The zero-order valence-electron chi connectivity index (χ0n) is 11.6. The molecule has 0 spiro atoms. The monoisotopic (exact) mass is 288 g/mol. The maximum Gasteiger partial charge on any atom is 0.0559 e. The van der Waals surface area contributed by atoms with Crippen LogP contribution in [0.5, 0.6) is 0 Å². The predicted octanol–water partition coefficient (Wildman–Crippen LogP) is 5.61. The van der Waals surface area contributed by atoms with Crippen LogP contribution in [-0.2, 0) is 0 Å². The van der Waals surface area contributed by atoms with E-state index in [-0.39, 0.29) is 0 Å². The molecule has 0 nitrogen and oxygen atoms in total. The van der Waals surface area contributed by atoms with Gasteiger partial charge < -0.3 is 0 Å². The van der Waals surface area contributed by atoms with Crippen LogP contribution in [0.15, 0.2) is 84.9 Å². The Kier molecular flexibility index (Phi) is 3.28. The number of hydrogen-bond acceptors (Lipinski definition) is 1. The molecule has 0 bridgehead atoms.